The smallest absolute Gasteiger partial charge is 0.802 e. The third-order valence-electron chi connectivity index (χ3n) is 28.3. The number of pyridine rings is 5. The van der Waals surface area contributed by atoms with Crippen LogP contribution in [0.4, 0.5) is 23.0 Å². The molecule has 13 nitrogen and oxygen atoms in total. The molecule has 8 heterocycles. The van der Waals surface area contributed by atoms with Gasteiger partial charge in [0.2, 0.25) is 17.1 Å². The number of ketones is 2. The van der Waals surface area contributed by atoms with E-state index in [9.17, 15) is 9.59 Å². The number of nitrogens with zero attached hydrogens (tertiary/aromatic N) is 7. The Morgan fingerprint density at radius 2 is 0.944 bits per heavy atom. The fraction of sp³-hybridized carbons (Fsp3) is 0.214. The molecule has 1 radical (unpaired) electrons. The summed E-state index contributed by atoms with van der Waals surface area (Å²) in [4.78, 5) is 32.0. The number of hydrogen-bond donors (Lipinski definition) is 4. The zero-order chi connectivity index (χ0) is 96.0. The van der Waals surface area contributed by atoms with Crippen LogP contribution in [0.2, 0.25) is 0 Å². The number of anilines is 4. The number of aromatic nitrogens is 5. The van der Waals surface area contributed by atoms with E-state index >= 15 is 0 Å². The number of carbonyl (C=O) groups excluding carboxylic acids is 2. The number of nitrogens with one attached hydrogen (secondary N) is 1. The van der Waals surface area contributed by atoms with Gasteiger partial charge < -0.3 is 26.8 Å². The molecule has 3 aliphatic heterocycles. The second-order valence-corrected chi connectivity index (χ2v) is 38.1. The summed E-state index contributed by atoms with van der Waals surface area (Å²) in [6.45, 7) is 13.9. The van der Waals surface area contributed by atoms with Crippen molar-refractivity contribution in [1.29, 1.82) is 5.41 Å². The average Bonchev–Trinajstić information content (AvgIpc) is 0.970. The Morgan fingerprint density at radius 3 is 1.49 bits per heavy atom. The normalized spacial score (nSPS) is 16.3. The van der Waals surface area contributed by atoms with Crippen molar-refractivity contribution in [3.05, 3.63) is 455 Å². The van der Waals surface area contributed by atoms with Crippen LogP contribution in [-0.2, 0) is 124 Å². The molecule has 4 atom stereocenters. The monoisotopic (exact) mass is 2400 g/mol. The predicted octanol–water partition coefficient (Wildman–Crippen LogP) is 27.4. The standard InChI is InChI=1S/C28H19N3.C23H26N.C21H22N.C16H11.C12H10N.C10H8N.C6H5N2.2C5H8O2.Ir.2Pt/c1-4-12-22(13-5-1)25-18-10-20-27(29-25)31(24-16-8-3-9-17-24)28-21-11-19-26(30-28)23-14-6-2-7-15-23;1-23(2)18-8-16-10-22-19-9-15-6-4-3-5-14(15)7-17(19)12-24(22)13-20(16)21(23)11-18;1-2-4-14-9-19-17(7-13(14)3-1)11-22-12-20-16-6-5-15(8-16)18(20)10-21(19)22;1-2-7-13(8-3-1)16-12-6-10-14-9-4-5-11-15(14)16;1-2-6-11-10(5-1)9-13-8-4-3-7-12(11)13;11-10-7-3-5-8-4-1-2-6-9(8)10;7-5-3-1-2-4-6(5)8;2*1-4(6)3-5(2)7;;;/h1-12,14,16-21H;7,9-10,13,18,21H,3-6,8,11-12H2,1-2H3;7,9-10,12,15-16H,1-6,8,11H2;1-7,9-12H;1-8H,9H2;1-6H,11H2;1-4,7H;2*3,6H,1-2H3;;;/q-2;2*+1;-1;+1;2*-1;;;;;+2/b;;;;;;;4-3-;;;;. The Kier molecular flexibility index (Phi) is 34.4. The maximum Gasteiger partial charge on any atom is 2.00 e. The molecule has 27 rings (SSSR count). The Balaban J connectivity index is 0.000000125. The Hall–Kier alpha value is -13.4. The summed E-state index contributed by atoms with van der Waals surface area (Å²) in [7, 11) is 0. The van der Waals surface area contributed by atoms with Gasteiger partial charge in [-0.1, -0.05) is 170 Å². The predicted molar refractivity (Wildman–Crippen MR) is 564 cm³/mol. The van der Waals surface area contributed by atoms with Crippen LogP contribution in [0, 0.1) is 41.0 Å². The van der Waals surface area contributed by atoms with Crippen molar-refractivity contribution in [2.24, 2.45) is 11.3 Å². The Bertz CT molecular complexity index is 7210. The maximum absolute atomic E-state index is 10.0. The molecule has 142 heavy (non-hydrogen) atoms. The number of carbonyl (C=O) groups is 2. The second-order valence-electron chi connectivity index (χ2n) is 38.1. The minimum Gasteiger partial charge on any atom is -0.802 e. The van der Waals surface area contributed by atoms with Gasteiger partial charge in [-0.25, -0.2) is 0 Å². The van der Waals surface area contributed by atoms with Crippen molar-refractivity contribution >= 4 is 67.5 Å². The number of aryl methyl sites for hydroxylation is 4. The number of para-hydroxylation sites is 1. The summed E-state index contributed by atoms with van der Waals surface area (Å²) >= 11 is 0. The van der Waals surface area contributed by atoms with E-state index in [0.29, 0.717) is 5.41 Å². The van der Waals surface area contributed by atoms with Crippen molar-refractivity contribution in [3.63, 3.8) is 0 Å². The summed E-state index contributed by atoms with van der Waals surface area (Å²) in [6.07, 6.45) is 33.6. The van der Waals surface area contributed by atoms with Crippen LogP contribution >= 0.6 is 0 Å². The van der Waals surface area contributed by atoms with E-state index in [1.54, 1.807) is 67.8 Å². The van der Waals surface area contributed by atoms with Gasteiger partial charge in [-0.15, -0.1) is 130 Å². The molecule has 16 heteroatoms. The van der Waals surface area contributed by atoms with Gasteiger partial charge in [-0.05, 0) is 257 Å². The summed E-state index contributed by atoms with van der Waals surface area (Å²) in [5.41, 5.74) is 40.7. The third kappa shape index (κ3) is 24.0. The summed E-state index contributed by atoms with van der Waals surface area (Å²) in [5, 5.41) is 37.2. The minimum atomic E-state index is -0.125. The number of aliphatic hydroxyl groups excluding tert-OH is 2. The van der Waals surface area contributed by atoms with Crippen LogP contribution in [0.25, 0.3) is 94.4 Å². The molecule has 5 N–H and O–H groups in total. The second kappa shape index (κ2) is 47.4. The molecule has 0 saturated heterocycles. The number of fused-ring (bicyclic) bond motifs is 18. The molecule has 5 aromatic heterocycles. The number of nitrogens with two attached hydrogens (primary N) is 1. The first kappa shape index (κ1) is 103. The van der Waals surface area contributed by atoms with E-state index in [0.717, 1.165) is 99.8 Å². The number of rotatable bonds is 8. The number of nitrogen functional groups attached to an aromatic ring is 1. The van der Waals surface area contributed by atoms with E-state index in [1.165, 1.54) is 197 Å². The number of benzene rings is 11. The molecule has 2 saturated carbocycles. The molecule has 8 aliphatic carbocycles. The molecule has 16 aromatic rings. The van der Waals surface area contributed by atoms with Crippen LogP contribution in [0.1, 0.15) is 172 Å². The third-order valence-corrected chi connectivity index (χ3v) is 28.3. The molecule has 4 unspecified atom stereocenters. The van der Waals surface area contributed by atoms with Crippen LogP contribution in [0.5, 0.6) is 0 Å². The van der Waals surface area contributed by atoms with Gasteiger partial charge in [0.1, 0.15) is 11.6 Å². The minimum absolute atomic E-state index is 0. The van der Waals surface area contributed by atoms with Crippen LogP contribution in [0.15, 0.2) is 364 Å². The fourth-order valence-electron chi connectivity index (χ4n) is 21.3. The molecule has 0 amide bonds. The molecule has 11 aliphatic rings. The van der Waals surface area contributed by atoms with E-state index in [4.69, 9.17) is 36.7 Å². The summed E-state index contributed by atoms with van der Waals surface area (Å²) in [6, 6.07) is 116. The molecule has 2 fully saturated rings. The van der Waals surface area contributed by atoms with Gasteiger partial charge in [0.05, 0.1) is 28.2 Å². The SMILES string of the molecule is CC(=O)/C=C(/C)O.CC(=O)C=C(C)O.CC1(C)C2Cc3cc4[n+](cc3C1C2)Cc1cc2c(cc1-4)CCCC2.Nc1[c-]ccc2ccccc12.[Ir].[N-]=C1C=CC=CC1=N.[Pt+2].[Pt].[c-]1ccccc1-c1cccc(N(c2ccccc2)c2cccc(-c3[c-]cccc3)n2)n1.[c-]1ccccc1-c1cccc2ccccc12.c1c2c(cc3c1C[n+]1cc4c(cc1-3)C1CCC4C1)CCCC2.c1ccc2c(c1)C[n+]1ccccc1-2. The fourth-order valence-corrected chi connectivity index (χ4v) is 21.3. The van der Waals surface area contributed by atoms with E-state index in [1.807, 2.05) is 158 Å². The first-order chi connectivity index (χ1) is 67.7. The van der Waals surface area contributed by atoms with Gasteiger partial charge in [-0.3, -0.25) is 24.5 Å². The van der Waals surface area contributed by atoms with Gasteiger partial charge >= 0.3 is 21.1 Å². The Morgan fingerprint density at radius 1 is 0.458 bits per heavy atom. The van der Waals surface area contributed by atoms with Crippen molar-refractivity contribution in [3.8, 4) is 67.4 Å². The van der Waals surface area contributed by atoms with E-state index in [2.05, 4.69) is 215 Å². The topological polar surface area (TPSA) is 187 Å². The first-order valence-corrected chi connectivity index (χ1v) is 48.8. The average molecular weight is 2400 g/mol. The molecule has 0 spiro atoms. The van der Waals surface area contributed by atoms with Gasteiger partial charge in [-0.2, -0.15) is 31.9 Å². The largest absolute Gasteiger partial charge is 2.00 e. The van der Waals surface area contributed by atoms with Crippen molar-refractivity contribution in [2.75, 3.05) is 10.6 Å². The summed E-state index contributed by atoms with van der Waals surface area (Å²) < 4.78 is 7.37. The zero-order valence-corrected chi connectivity index (χ0v) is 87.9. The number of allylic oxidation sites excluding steroid dienone is 8. The molecule has 4 bridgehead atoms. The van der Waals surface area contributed by atoms with Gasteiger partial charge in [0.25, 0.3) is 0 Å². The molecule has 11 aromatic carbocycles. The molecule has 719 valence electrons. The van der Waals surface area contributed by atoms with Crippen LogP contribution in [-0.4, -0.2) is 43.2 Å². The zero-order valence-electron chi connectivity index (χ0n) is 81.0. The first-order valence-electron chi connectivity index (χ1n) is 48.8. The van der Waals surface area contributed by atoms with Crippen molar-refractivity contribution in [1.82, 2.24) is 9.97 Å². The number of hydrogen-bond acceptors (Lipinski definition) is 9. The van der Waals surface area contributed by atoms with Crippen LogP contribution < -0.4 is 24.3 Å². The van der Waals surface area contributed by atoms with Crippen molar-refractivity contribution < 1.29 is 95.7 Å². The van der Waals surface area contributed by atoms with Gasteiger partial charge in [0, 0.05) is 117 Å². The maximum atomic E-state index is 10.0. The summed E-state index contributed by atoms with van der Waals surface area (Å²) in [5.74, 6) is 4.90. The molecular formula is C126H117IrN9O4Pt2. The number of aliphatic hydroxyl groups is 2. The van der Waals surface area contributed by atoms with E-state index < -0.39 is 0 Å². The Labute approximate surface area is 877 Å². The van der Waals surface area contributed by atoms with Crippen molar-refractivity contribution in [2.45, 2.75) is 162 Å². The van der Waals surface area contributed by atoms with Gasteiger partial charge in [0.15, 0.2) is 49.8 Å². The van der Waals surface area contributed by atoms with E-state index in [-0.39, 0.29) is 96.7 Å². The quantitative estimate of drug-likeness (QED) is 0.0289. The molecular weight excluding hydrogens is 2290 g/mol. The van der Waals surface area contributed by atoms with Crippen LogP contribution in [0.3, 0.4) is 0 Å².